The molecule has 10 heteroatoms. The van der Waals surface area contributed by atoms with E-state index in [1.165, 1.54) is 0 Å². The Hall–Kier alpha value is -2.08. The molecule has 2 saturated heterocycles. The molecule has 0 radical (unpaired) electrons. The Kier molecular flexibility index (Phi) is 17.0. The second-order valence-corrected chi connectivity index (χ2v) is 14.7. The molecule has 2 aliphatic rings. The summed E-state index contributed by atoms with van der Waals surface area (Å²) in [5.74, 6) is -0.606. The summed E-state index contributed by atoms with van der Waals surface area (Å²) in [6.07, 6.45) is 9.71. The monoisotopic (exact) mass is 678 g/mol. The molecule has 3 N–H and O–H groups in total. The van der Waals surface area contributed by atoms with Gasteiger partial charge in [0.2, 0.25) is 0 Å². The van der Waals surface area contributed by atoms with Gasteiger partial charge in [0.05, 0.1) is 30.0 Å². The van der Waals surface area contributed by atoms with Gasteiger partial charge < -0.3 is 34.4 Å². The maximum absolute atomic E-state index is 13.5. The SMILES string of the molecule is CCC(O)CCC(C)(OC)C(C=CC(C)C(=O)C(C)=CC=CC(C)(O)CC1OC1C(C)C(O)CC)OC(=O)N1CCCN(C(C)C)CC1. The van der Waals surface area contributed by atoms with Gasteiger partial charge >= 0.3 is 6.09 Å². The smallest absolute Gasteiger partial charge is 0.410 e. The highest BCUT2D eigenvalue weighted by Crippen LogP contribution is 2.37. The number of aliphatic hydroxyl groups is 3. The lowest BCUT2D eigenvalue weighted by molar-refractivity contribution is -0.117. The highest BCUT2D eigenvalue weighted by molar-refractivity contribution is 5.97. The Balaban J connectivity index is 2.13. The Morgan fingerprint density at radius 3 is 2.31 bits per heavy atom. The van der Waals surface area contributed by atoms with Crippen LogP contribution in [-0.4, -0.2) is 118 Å². The second-order valence-electron chi connectivity index (χ2n) is 14.7. The molecular weight excluding hydrogens is 612 g/mol. The number of hydrogen-bond donors (Lipinski definition) is 3. The summed E-state index contributed by atoms with van der Waals surface area (Å²) in [5, 5.41) is 31.3. The fourth-order valence-corrected chi connectivity index (χ4v) is 6.25. The van der Waals surface area contributed by atoms with Gasteiger partial charge in [0.1, 0.15) is 5.60 Å². The number of amides is 1. The van der Waals surface area contributed by atoms with Crippen LogP contribution in [0.4, 0.5) is 4.79 Å². The maximum atomic E-state index is 13.5. The first-order chi connectivity index (χ1) is 22.5. The molecule has 2 rings (SSSR count). The first-order valence-electron chi connectivity index (χ1n) is 18.1. The highest BCUT2D eigenvalue weighted by Gasteiger charge is 2.47. The van der Waals surface area contributed by atoms with Crippen molar-refractivity contribution in [1.29, 1.82) is 0 Å². The van der Waals surface area contributed by atoms with E-state index in [0.717, 1.165) is 19.5 Å². The molecule has 9 unspecified atom stereocenters. The predicted molar refractivity (Wildman–Crippen MR) is 190 cm³/mol. The fraction of sp³-hybridized carbons (Fsp3) is 0.789. The third kappa shape index (κ3) is 13.0. The van der Waals surface area contributed by atoms with Gasteiger partial charge in [-0.1, -0.05) is 52.0 Å². The average Bonchev–Trinajstić information content (AvgIpc) is 3.85. The molecule has 0 saturated carbocycles. The summed E-state index contributed by atoms with van der Waals surface area (Å²) >= 11 is 0. The molecule has 2 heterocycles. The molecule has 1 amide bonds. The van der Waals surface area contributed by atoms with Crippen molar-refractivity contribution in [2.24, 2.45) is 11.8 Å². The van der Waals surface area contributed by atoms with Crippen LogP contribution in [-0.2, 0) is 19.0 Å². The number of ether oxygens (including phenoxy) is 3. The quantitative estimate of drug-likeness (QED) is 0.0707. The zero-order valence-electron chi connectivity index (χ0n) is 31.4. The third-order valence-corrected chi connectivity index (χ3v) is 10.2. The lowest BCUT2D eigenvalue weighted by Gasteiger charge is -2.36. The van der Waals surface area contributed by atoms with E-state index in [0.29, 0.717) is 56.8 Å². The van der Waals surface area contributed by atoms with E-state index >= 15 is 0 Å². The number of hydrogen-bond acceptors (Lipinski definition) is 9. The Bertz CT molecular complexity index is 1100. The van der Waals surface area contributed by atoms with Gasteiger partial charge in [-0.25, -0.2) is 4.79 Å². The van der Waals surface area contributed by atoms with Crippen LogP contribution in [0, 0.1) is 11.8 Å². The molecule has 0 bridgehead atoms. The van der Waals surface area contributed by atoms with E-state index < -0.39 is 41.5 Å². The lowest BCUT2D eigenvalue weighted by atomic mass is 9.89. The van der Waals surface area contributed by atoms with E-state index in [1.54, 1.807) is 63.2 Å². The maximum Gasteiger partial charge on any atom is 0.410 e. The van der Waals surface area contributed by atoms with Gasteiger partial charge in [-0.05, 0) is 78.4 Å². The van der Waals surface area contributed by atoms with E-state index in [-0.39, 0.29) is 23.9 Å². The molecule has 2 aliphatic heterocycles. The molecule has 0 aromatic carbocycles. The second kappa shape index (κ2) is 19.3. The number of nitrogens with zero attached hydrogens (tertiary/aromatic N) is 2. The minimum Gasteiger partial charge on any atom is -0.439 e. The van der Waals surface area contributed by atoms with Crippen LogP contribution in [0.1, 0.15) is 101 Å². The van der Waals surface area contributed by atoms with Crippen molar-refractivity contribution in [3.63, 3.8) is 0 Å². The van der Waals surface area contributed by atoms with Crippen molar-refractivity contribution in [2.75, 3.05) is 33.3 Å². The van der Waals surface area contributed by atoms with Crippen LogP contribution in [0.2, 0.25) is 0 Å². The summed E-state index contributed by atoms with van der Waals surface area (Å²) < 4.78 is 17.8. The summed E-state index contributed by atoms with van der Waals surface area (Å²) in [4.78, 5) is 30.9. The van der Waals surface area contributed by atoms with Gasteiger partial charge in [0.15, 0.2) is 11.9 Å². The number of carbonyl (C=O) groups is 2. The number of methoxy groups -OCH3 is 1. The molecule has 0 aromatic rings. The van der Waals surface area contributed by atoms with Gasteiger partial charge in [-0.3, -0.25) is 9.69 Å². The number of ketones is 1. The molecule has 10 nitrogen and oxygen atoms in total. The zero-order valence-corrected chi connectivity index (χ0v) is 31.4. The lowest BCUT2D eigenvalue weighted by Crippen LogP contribution is -2.46. The third-order valence-electron chi connectivity index (χ3n) is 10.2. The molecular formula is C38H66N2O8. The molecule has 2 fully saturated rings. The first-order valence-corrected chi connectivity index (χ1v) is 18.1. The Morgan fingerprint density at radius 1 is 1.02 bits per heavy atom. The van der Waals surface area contributed by atoms with Gasteiger partial charge in [-0.2, -0.15) is 0 Å². The van der Waals surface area contributed by atoms with Gasteiger partial charge in [0.25, 0.3) is 0 Å². The zero-order chi connectivity index (χ0) is 36.2. The molecule has 0 aromatic heterocycles. The van der Waals surface area contributed by atoms with E-state index in [4.69, 9.17) is 14.2 Å². The number of Topliss-reactive ketones (excluding diaryl/α,β-unsaturated/α-hetero) is 1. The van der Waals surface area contributed by atoms with Crippen molar-refractivity contribution in [1.82, 2.24) is 9.80 Å². The number of epoxide rings is 1. The van der Waals surface area contributed by atoms with Crippen molar-refractivity contribution in [2.45, 2.75) is 149 Å². The Labute approximate surface area is 290 Å². The van der Waals surface area contributed by atoms with Crippen molar-refractivity contribution < 1.29 is 39.1 Å². The number of aliphatic hydroxyl groups excluding tert-OH is 2. The standard InChI is InChI=1S/C38H66N2O8/c1-11-30(41)18-20-38(9,46-10)33(48-36(44)40-22-14-21-39(23-24-40)26(3)4)17-16-28(6)34(43)27(5)15-13-19-37(8,45)25-32-35(47-32)29(7)31(42)12-2/h13,15-17,19,26,28-33,35,41-42,45H,11-12,14,18,20-25H2,1-10H3. The predicted octanol–water partition coefficient (Wildman–Crippen LogP) is 5.44. The highest BCUT2D eigenvalue weighted by atomic mass is 16.6. The molecule has 9 atom stereocenters. The summed E-state index contributed by atoms with van der Waals surface area (Å²) in [5.41, 5.74) is -1.53. The van der Waals surface area contributed by atoms with Crippen LogP contribution < -0.4 is 0 Å². The van der Waals surface area contributed by atoms with Crippen LogP contribution >= 0.6 is 0 Å². The van der Waals surface area contributed by atoms with Crippen LogP contribution in [0.25, 0.3) is 0 Å². The van der Waals surface area contributed by atoms with Crippen LogP contribution in [0.15, 0.2) is 36.0 Å². The summed E-state index contributed by atoms with van der Waals surface area (Å²) in [6, 6.07) is 0.402. The van der Waals surface area contributed by atoms with Gasteiger partial charge in [-0.15, -0.1) is 0 Å². The average molecular weight is 679 g/mol. The van der Waals surface area contributed by atoms with Crippen molar-refractivity contribution in [3.8, 4) is 0 Å². The molecule has 0 aliphatic carbocycles. The number of carbonyl (C=O) groups excluding carboxylic acids is 2. The minimum absolute atomic E-state index is 0.00637. The van der Waals surface area contributed by atoms with Crippen molar-refractivity contribution >= 4 is 11.9 Å². The van der Waals surface area contributed by atoms with Crippen molar-refractivity contribution in [3.05, 3.63) is 36.0 Å². The van der Waals surface area contributed by atoms with E-state index in [1.807, 2.05) is 27.7 Å². The largest absolute Gasteiger partial charge is 0.439 e. The molecule has 276 valence electrons. The number of allylic oxidation sites excluding steroid dienone is 4. The van der Waals surface area contributed by atoms with Crippen LogP contribution in [0.3, 0.4) is 0 Å². The molecule has 48 heavy (non-hydrogen) atoms. The summed E-state index contributed by atoms with van der Waals surface area (Å²) in [7, 11) is 1.58. The van der Waals surface area contributed by atoms with Gasteiger partial charge in [0, 0.05) is 57.6 Å². The van der Waals surface area contributed by atoms with E-state index in [2.05, 4.69) is 18.7 Å². The summed E-state index contributed by atoms with van der Waals surface area (Å²) in [6.45, 7) is 20.1. The van der Waals surface area contributed by atoms with Crippen LogP contribution in [0.5, 0.6) is 0 Å². The minimum atomic E-state index is -1.13. The topological polar surface area (TPSA) is 132 Å². The van der Waals surface area contributed by atoms with E-state index in [9.17, 15) is 24.9 Å². The Morgan fingerprint density at radius 2 is 1.71 bits per heavy atom. The first kappa shape index (κ1) is 42.1. The molecule has 0 spiro atoms. The number of rotatable bonds is 19. The fourth-order valence-electron chi connectivity index (χ4n) is 6.25. The normalized spacial score (nSPS) is 25.3.